The maximum atomic E-state index is 12.8. The molecule has 0 aromatic heterocycles. The van der Waals surface area contributed by atoms with E-state index in [1.807, 2.05) is 13.0 Å². The van der Waals surface area contributed by atoms with Gasteiger partial charge in [-0.15, -0.1) is 0 Å². The van der Waals surface area contributed by atoms with Crippen LogP contribution in [0.1, 0.15) is 32.6 Å². The maximum Gasteiger partial charge on any atom is 0.243 e. The minimum Gasteiger partial charge on any atom is -0.311 e. The van der Waals surface area contributed by atoms with Gasteiger partial charge in [-0.3, -0.25) is 0 Å². The number of hydrogen-bond donors (Lipinski definition) is 1. The molecule has 1 N–H and O–H groups in total. The van der Waals surface area contributed by atoms with Crippen LogP contribution in [0.2, 0.25) is 0 Å². The summed E-state index contributed by atoms with van der Waals surface area (Å²) in [7, 11) is -3.36. The molecular weight excluding hydrogens is 272 g/mol. The molecule has 0 radical (unpaired) electrons. The topological polar surface area (TPSA) is 49.4 Å². The van der Waals surface area contributed by atoms with Crippen molar-refractivity contribution in [2.75, 3.05) is 6.54 Å². The zero-order chi connectivity index (χ0) is 14.2. The molecule has 110 valence electrons. The molecule has 2 fully saturated rings. The quantitative estimate of drug-likeness (QED) is 0.924. The van der Waals surface area contributed by atoms with Gasteiger partial charge >= 0.3 is 0 Å². The second kappa shape index (κ2) is 5.47. The van der Waals surface area contributed by atoms with E-state index >= 15 is 0 Å². The highest BCUT2D eigenvalue weighted by Crippen LogP contribution is 2.32. The number of benzene rings is 1. The van der Waals surface area contributed by atoms with Crippen molar-refractivity contribution in [1.82, 2.24) is 9.62 Å². The molecule has 0 spiro atoms. The van der Waals surface area contributed by atoms with Gasteiger partial charge in [0.15, 0.2) is 0 Å². The van der Waals surface area contributed by atoms with Gasteiger partial charge in [0.05, 0.1) is 4.90 Å². The predicted molar refractivity (Wildman–Crippen MR) is 79.0 cm³/mol. The lowest BCUT2D eigenvalue weighted by Gasteiger charge is -2.36. The fourth-order valence-corrected chi connectivity index (χ4v) is 5.29. The number of fused-ring (bicyclic) bond motifs is 2. The summed E-state index contributed by atoms with van der Waals surface area (Å²) in [6, 6.07) is 9.93. The second-order valence-corrected chi connectivity index (χ2v) is 7.68. The van der Waals surface area contributed by atoms with Gasteiger partial charge in [0, 0.05) is 24.7 Å². The summed E-state index contributed by atoms with van der Waals surface area (Å²) in [5.41, 5.74) is 0. The molecular formula is C15H22N2O2S. The predicted octanol–water partition coefficient (Wildman–Crippen LogP) is 1.98. The Balaban J connectivity index is 1.86. The summed E-state index contributed by atoms with van der Waals surface area (Å²) in [4.78, 5) is 0.410. The molecule has 20 heavy (non-hydrogen) atoms. The van der Waals surface area contributed by atoms with Gasteiger partial charge in [0.2, 0.25) is 10.0 Å². The average molecular weight is 294 g/mol. The minimum atomic E-state index is -3.36. The van der Waals surface area contributed by atoms with E-state index < -0.39 is 10.0 Å². The third-order valence-corrected chi connectivity index (χ3v) is 6.56. The highest BCUT2D eigenvalue weighted by atomic mass is 32.2. The summed E-state index contributed by atoms with van der Waals surface area (Å²) in [5.74, 6) is 0. The summed E-state index contributed by atoms with van der Waals surface area (Å²) in [6.45, 7) is 2.48. The van der Waals surface area contributed by atoms with E-state index in [1.54, 1.807) is 28.6 Å². The molecule has 2 heterocycles. The van der Waals surface area contributed by atoms with E-state index in [1.165, 1.54) is 12.8 Å². The molecule has 0 saturated carbocycles. The van der Waals surface area contributed by atoms with Gasteiger partial charge in [-0.2, -0.15) is 4.31 Å². The molecule has 5 heteroatoms. The summed E-state index contributed by atoms with van der Waals surface area (Å²) in [5, 5.41) is 3.57. The zero-order valence-electron chi connectivity index (χ0n) is 11.8. The van der Waals surface area contributed by atoms with Crippen molar-refractivity contribution in [3.8, 4) is 0 Å². The highest BCUT2D eigenvalue weighted by molar-refractivity contribution is 7.89. The lowest BCUT2D eigenvalue weighted by Crippen LogP contribution is -2.50. The Morgan fingerprint density at radius 2 is 1.75 bits per heavy atom. The van der Waals surface area contributed by atoms with Crippen molar-refractivity contribution in [1.29, 1.82) is 0 Å². The standard InChI is InChI=1S/C15H22N2O2S/c1-2-17(14-10-12-8-9-13(11-14)16-12)20(18,19)15-6-4-3-5-7-15/h3-7,12-14,16H,2,8-11H2,1H3. The van der Waals surface area contributed by atoms with Crippen molar-refractivity contribution in [3.05, 3.63) is 30.3 Å². The number of rotatable bonds is 4. The molecule has 4 nitrogen and oxygen atoms in total. The molecule has 0 aliphatic carbocycles. The smallest absolute Gasteiger partial charge is 0.243 e. The maximum absolute atomic E-state index is 12.8. The molecule has 2 saturated heterocycles. The first-order valence-electron chi connectivity index (χ1n) is 7.44. The average Bonchev–Trinajstić information content (AvgIpc) is 2.79. The first-order chi connectivity index (χ1) is 9.61. The fraction of sp³-hybridized carbons (Fsp3) is 0.600. The van der Waals surface area contributed by atoms with Crippen LogP contribution in [0.25, 0.3) is 0 Å². The van der Waals surface area contributed by atoms with Gasteiger partial charge in [0.25, 0.3) is 0 Å². The lowest BCUT2D eigenvalue weighted by molar-refractivity contribution is 0.232. The molecule has 2 unspecified atom stereocenters. The van der Waals surface area contributed by atoms with Crippen molar-refractivity contribution < 1.29 is 8.42 Å². The summed E-state index contributed by atoms with van der Waals surface area (Å²) < 4.78 is 27.3. The van der Waals surface area contributed by atoms with E-state index in [9.17, 15) is 8.42 Å². The molecule has 1 aromatic carbocycles. The van der Waals surface area contributed by atoms with Crippen molar-refractivity contribution in [3.63, 3.8) is 0 Å². The van der Waals surface area contributed by atoms with Crippen LogP contribution in [0.4, 0.5) is 0 Å². The third kappa shape index (κ3) is 2.50. The number of hydrogen-bond acceptors (Lipinski definition) is 3. The van der Waals surface area contributed by atoms with E-state index in [0.29, 0.717) is 23.5 Å². The normalized spacial score (nSPS) is 29.8. The van der Waals surface area contributed by atoms with E-state index in [4.69, 9.17) is 0 Å². The lowest BCUT2D eigenvalue weighted by atomic mass is 10.00. The number of sulfonamides is 1. The largest absolute Gasteiger partial charge is 0.311 e. The molecule has 2 aliphatic heterocycles. The van der Waals surface area contributed by atoms with Gasteiger partial charge < -0.3 is 5.32 Å². The Morgan fingerprint density at radius 1 is 1.15 bits per heavy atom. The van der Waals surface area contributed by atoms with Crippen LogP contribution in [0.3, 0.4) is 0 Å². The zero-order valence-corrected chi connectivity index (χ0v) is 12.6. The van der Waals surface area contributed by atoms with Gasteiger partial charge in [0.1, 0.15) is 0 Å². The van der Waals surface area contributed by atoms with Crippen LogP contribution >= 0.6 is 0 Å². The molecule has 2 bridgehead atoms. The molecule has 2 atom stereocenters. The van der Waals surface area contributed by atoms with Crippen molar-refractivity contribution in [2.45, 2.75) is 55.6 Å². The van der Waals surface area contributed by atoms with Crippen LogP contribution in [0.15, 0.2) is 35.2 Å². The van der Waals surface area contributed by atoms with Crippen LogP contribution in [0.5, 0.6) is 0 Å². The van der Waals surface area contributed by atoms with E-state index in [0.717, 1.165) is 12.8 Å². The van der Waals surface area contributed by atoms with Crippen molar-refractivity contribution >= 4 is 10.0 Å². The molecule has 3 rings (SSSR count). The number of nitrogens with one attached hydrogen (secondary N) is 1. The van der Waals surface area contributed by atoms with Gasteiger partial charge in [-0.25, -0.2) is 8.42 Å². The van der Waals surface area contributed by atoms with Gasteiger partial charge in [-0.05, 0) is 37.8 Å². The Morgan fingerprint density at radius 3 is 2.30 bits per heavy atom. The summed E-state index contributed by atoms with van der Waals surface area (Å²) >= 11 is 0. The molecule has 0 amide bonds. The third-order valence-electron chi connectivity index (χ3n) is 4.52. The Bertz CT molecular complexity index is 546. The fourth-order valence-electron chi connectivity index (χ4n) is 3.61. The van der Waals surface area contributed by atoms with Crippen LogP contribution < -0.4 is 5.32 Å². The molecule has 1 aromatic rings. The Labute approximate surface area is 121 Å². The van der Waals surface area contributed by atoms with Crippen molar-refractivity contribution in [2.24, 2.45) is 0 Å². The first kappa shape index (κ1) is 14.0. The van der Waals surface area contributed by atoms with Gasteiger partial charge in [-0.1, -0.05) is 25.1 Å². The monoisotopic (exact) mass is 294 g/mol. The first-order valence-corrected chi connectivity index (χ1v) is 8.88. The summed E-state index contributed by atoms with van der Waals surface area (Å²) in [6.07, 6.45) is 4.25. The number of piperidine rings is 1. The SMILES string of the molecule is CCN(C1CC2CCC(C1)N2)S(=O)(=O)c1ccccc1. The number of nitrogens with zero attached hydrogens (tertiary/aromatic N) is 1. The van der Waals surface area contributed by atoms with E-state index in [2.05, 4.69) is 5.32 Å². The highest BCUT2D eigenvalue weighted by Gasteiger charge is 2.39. The van der Waals surface area contributed by atoms with Crippen LogP contribution in [-0.4, -0.2) is 37.4 Å². The van der Waals surface area contributed by atoms with E-state index in [-0.39, 0.29) is 6.04 Å². The van der Waals surface area contributed by atoms with Crippen LogP contribution in [-0.2, 0) is 10.0 Å². The Kier molecular flexibility index (Phi) is 3.84. The minimum absolute atomic E-state index is 0.143. The molecule has 2 aliphatic rings. The van der Waals surface area contributed by atoms with Crippen LogP contribution in [0, 0.1) is 0 Å². The second-order valence-electron chi connectivity index (χ2n) is 5.78. The Hall–Kier alpha value is -0.910.